The summed E-state index contributed by atoms with van der Waals surface area (Å²) in [6.45, 7) is 5.12. The number of fused-ring (bicyclic) bond motifs is 2. The van der Waals surface area contributed by atoms with Crippen molar-refractivity contribution in [2.45, 2.75) is 77.2 Å². The maximum absolute atomic E-state index is 12.4. The molecular weight excluding hydrogens is 734 g/mol. The Morgan fingerprint density at radius 1 is 0.772 bits per heavy atom. The molecule has 1 amide bonds. The number of carbonyl (C=O) groups excluding carboxylic acids is 3. The van der Waals surface area contributed by atoms with E-state index in [4.69, 9.17) is 40.9 Å². The number of unbranched alkanes of at least 4 members (excludes halogenated alkanes) is 3. The first-order valence-electron chi connectivity index (χ1n) is 19.8. The molecule has 0 atom stereocenters. The Bertz CT molecular complexity index is 1870. The number of phenols is 1. The van der Waals surface area contributed by atoms with E-state index in [1.807, 2.05) is 16.8 Å². The van der Waals surface area contributed by atoms with Gasteiger partial charge < -0.3 is 44.8 Å². The lowest BCUT2D eigenvalue weighted by Crippen LogP contribution is -2.27. The smallest absolute Gasteiger partial charge is 0.220 e. The molecule has 0 aliphatic carbocycles. The zero-order valence-electron chi connectivity index (χ0n) is 32.8. The van der Waals surface area contributed by atoms with Gasteiger partial charge in [0.1, 0.15) is 35.2 Å². The number of nitrogen functional groups attached to an aromatic ring is 1. The number of nitrogens with two attached hydrogens (primary N) is 1. The minimum absolute atomic E-state index is 0.0255. The molecule has 16 nitrogen and oxygen atoms in total. The van der Waals surface area contributed by atoms with Crippen molar-refractivity contribution < 1.29 is 43.2 Å². The predicted octanol–water partition coefficient (Wildman–Crippen LogP) is 4.52. The maximum Gasteiger partial charge on any atom is 0.220 e. The minimum Gasteiger partial charge on any atom is -0.508 e. The van der Waals surface area contributed by atoms with E-state index >= 15 is 0 Å². The predicted molar refractivity (Wildman–Crippen MR) is 215 cm³/mol. The maximum atomic E-state index is 12.4. The number of benzene rings is 1. The molecule has 0 saturated heterocycles. The molecule has 0 aliphatic heterocycles. The Hall–Kier alpha value is -4.92. The fraction of sp³-hybridized carbons (Fsp3) is 0.561. The molecule has 3 heterocycles. The minimum atomic E-state index is -0.0255. The number of ether oxygens (including phenoxy) is 5. The average molecular weight is 792 g/mol. The highest BCUT2D eigenvalue weighted by Gasteiger charge is 2.19. The molecule has 0 radical (unpaired) electrons. The normalized spacial score (nSPS) is 11.4. The lowest BCUT2D eigenvalue weighted by Gasteiger charge is -2.08. The Labute approximate surface area is 333 Å². The number of anilines is 1. The van der Waals surface area contributed by atoms with E-state index in [9.17, 15) is 19.5 Å². The standard InChI is InChI=1S/C41H57N7O9/c1-2-3-5-11-37(52)43-16-21-56-25-27-57-26-24-55-20-15-33(50)10-8-18-53-22-23-54-19-14-32(49)9-6-4-7-17-48-41-38(40(42)44-30-45-41)39(47-48)36-29-31-28-34(51)12-13-35(31)46-36/h1,12-13,28-30,46,51H,3-11,14-27H2,(H,43,52)(H2,42,44,45). The van der Waals surface area contributed by atoms with Gasteiger partial charge in [-0.1, -0.05) is 6.42 Å². The Balaban J connectivity index is 0.923. The second kappa shape index (κ2) is 26.1. The summed E-state index contributed by atoms with van der Waals surface area (Å²) in [5.74, 6) is 3.30. The van der Waals surface area contributed by atoms with Crippen LogP contribution >= 0.6 is 0 Å². The lowest BCUT2D eigenvalue weighted by atomic mass is 10.1. The second-order valence-corrected chi connectivity index (χ2v) is 13.4. The van der Waals surface area contributed by atoms with Crippen LogP contribution in [0.25, 0.3) is 33.3 Å². The molecule has 310 valence electrons. The van der Waals surface area contributed by atoms with Crippen molar-refractivity contribution in [1.82, 2.24) is 30.0 Å². The molecule has 0 fully saturated rings. The van der Waals surface area contributed by atoms with Crippen molar-refractivity contribution in [2.24, 2.45) is 0 Å². The van der Waals surface area contributed by atoms with Crippen LogP contribution in [0.3, 0.4) is 0 Å². The van der Waals surface area contributed by atoms with E-state index in [1.165, 1.54) is 6.33 Å². The summed E-state index contributed by atoms with van der Waals surface area (Å²) in [5.41, 5.74) is 9.17. The van der Waals surface area contributed by atoms with Crippen LogP contribution in [0.1, 0.15) is 70.6 Å². The summed E-state index contributed by atoms with van der Waals surface area (Å²) < 4.78 is 29.3. The van der Waals surface area contributed by atoms with Gasteiger partial charge in [-0.3, -0.25) is 14.4 Å². The molecule has 3 aromatic heterocycles. The average Bonchev–Trinajstić information content (AvgIpc) is 3.79. The number of amides is 1. The van der Waals surface area contributed by atoms with Crippen molar-refractivity contribution in [1.29, 1.82) is 0 Å². The largest absolute Gasteiger partial charge is 0.508 e. The number of hydrogen-bond acceptors (Lipinski definition) is 13. The summed E-state index contributed by atoms with van der Waals surface area (Å²) in [6, 6.07) is 7.04. The molecule has 0 bridgehead atoms. The van der Waals surface area contributed by atoms with E-state index < -0.39 is 0 Å². The Kier molecular flexibility index (Phi) is 20.5. The van der Waals surface area contributed by atoms with Gasteiger partial charge in [-0.15, -0.1) is 12.3 Å². The van der Waals surface area contributed by atoms with Gasteiger partial charge in [-0.05, 0) is 49.9 Å². The Morgan fingerprint density at radius 2 is 1.44 bits per heavy atom. The van der Waals surface area contributed by atoms with Crippen LogP contribution in [0, 0.1) is 12.3 Å². The van der Waals surface area contributed by atoms with Gasteiger partial charge in [0.05, 0.1) is 70.5 Å². The summed E-state index contributed by atoms with van der Waals surface area (Å²) in [5, 5.41) is 19.0. The third-order valence-corrected chi connectivity index (χ3v) is 8.95. The summed E-state index contributed by atoms with van der Waals surface area (Å²) in [4.78, 5) is 48.0. The third kappa shape index (κ3) is 16.6. The summed E-state index contributed by atoms with van der Waals surface area (Å²) in [6.07, 6.45) is 13.0. The quantitative estimate of drug-likeness (QED) is 0.0396. The van der Waals surface area contributed by atoms with Crippen LogP contribution < -0.4 is 11.1 Å². The molecule has 1 aromatic carbocycles. The van der Waals surface area contributed by atoms with Crippen molar-refractivity contribution in [2.75, 3.05) is 78.3 Å². The number of phenolic OH excluding ortho intramolecular Hbond substituents is 1. The molecule has 0 aliphatic rings. The molecule has 0 unspecified atom stereocenters. The van der Waals surface area contributed by atoms with E-state index in [1.54, 1.807) is 12.1 Å². The first-order valence-corrected chi connectivity index (χ1v) is 19.8. The van der Waals surface area contributed by atoms with Gasteiger partial charge in [0.25, 0.3) is 0 Å². The monoisotopic (exact) mass is 791 g/mol. The highest BCUT2D eigenvalue weighted by Crippen LogP contribution is 2.32. The number of aromatic amines is 1. The zero-order valence-corrected chi connectivity index (χ0v) is 32.8. The number of aromatic hydroxyl groups is 1. The van der Waals surface area contributed by atoms with Gasteiger partial charge in [-0.2, -0.15) is 5.10 Å². The number of aryl methyl sites for hydroxylation is 1. The number of nitrogens with zero attached hydrogens (tertiary/aromatic N) is 4. The molecule has 4 rings (SSSR count). The summed E-state index contributed by atoms with van der Waals surface area (Å²) in [7, 11) is 0. The fourth-order valence-electron chi connectivity index (χ4n) is 5.94. The van der Waals surface area contributed by atoms with E-state index in [2.05, 4.69) is 26.2 Å². The SMILES string of the molecule is C#CCCCC(=O)NCCOCCOCCOCCC(=O)CCCOCCOCCC(=O)CCCCCn1nc(-c2cc3cc(O)ccc3[nH]2)c2c(N)ncnc21. The van der Waals surface area contributed by atoms with Gasteiger partial charge in [0.15, 0.2) is 5.65 Å². The van der Waals surface area contributed by atoms with Crippen molar-refractivity contribution >= 4 is 45.2 Å². The fourth-order valence-corrected chi connectivity index (χ4v) is 5.94. The molecular formula is C41H57N7O9. The van der Waals surface area contributed by atoms with E-state index in [0.717, 1.165) is 35.9 Å². The number of hydrogen-bond donors (Lipinski definition) is 4. The summed E-state index contributed by atoms with van der Waals surface area (Å²) >= 11 is 0. The van der Waals surface area contributed by atoms with Crippen LogP contribution in [-0.2, 0) is 44.6 Å². The lowest BCUT2D eigenvalue weighted by molar-refractivity contribution is -0.122. The van der Waals surface area contributed by atoms with Crippen molar-refractivity contribution in [3.05, 3.63) is 30.6 Å². The van der Waals surface area contributed by atoms with Crippen LogP contribution in [0.5, 0.6) is 5.75 Å². The number of ketones is 2. The van der Waals surface area contributed by atoms with E-state index in [0.29, 0.717) is 153 Å². The highest BCUT2D eigenvalue weighted by atomic mass is 16.5. The number of Topliss-reactive ketones (excluding diaryl/α,β-unsaturated/α-hetero) is 2. The molecule has 5 N–H and O–H groups in total. The number of H-pyrrole nitrogens is 1. The number of rotatable bonds is 32. The van der Waals surface area contributed by atoms with Gasteiger partial charge in [0.2, 0.25) is 5.91 Å². The van der Waals surface area contributed by atoms with Gasteiger partial charge >= 0.3 is 0 Å². The zero-order chi connectivity index (χ0) is 40.5. The van der Waals surface area contributed by atoms with Crippen molar-refractivity contribution in [3.8, 4) is 29.5 Å². The van der Waals surface area contributed by atoms with Crippen LogP contribution in [0.2, 0.25) is 0 Å². The first kappa shape index (κ1) is 44.8. The molecule has 4 aromatic rings. The van der Waals surface area contributed by atoms with Gasteiger partial charge in [0, 0.05) is 69.1 Å². The van der Waals surface area contributed by atoms with Crippen LogP contribution in [0.15, 0.2) is 30.6 Å². The second-order valence-electron chi connectivity index (χ2n) is 13.4. The third-order valence-electron chi connectivity index (χ3n) is 8.95. The molecule has 0 spiro atoms. The van der Waals surface area contributed by atoms with Crippen LogP contribution in [-0.4, -0.2) is 120 Å². The van der Waals surface area contributed by atoms with E-state index in [-0.39, 0.29) is 23.2 Å². The van der Waals surface area contributed by atoms with Gasteiger partial charge in [-0.25, -0.2) is 14.6 Å². The number of carbonyl (C=O) groups is 3. The number of terminal acetylenes is 1. The number of nitrogens with one attached hydrogen (secondary N) is 2. The van der Waals surface area contributed by atoms with Crippen molar-refractivity contribution in [3.63, 3.8) is 0 Å². The highest BCUT2D eigenvalue weighted by molar-refractivity contribution is 6.00. The molecule has 57 heavy (non-hydrogen) atoms. The number of aromatic nitrogens is 5. The van der Waals surface area contributed by atoms with Crippen LogP contribution in [0.4, 0.5) is 5.82 Å². The molecule has 0 saturated carbocycles. The molecule has 16 heteroatoms. The Morgan fingerprint density at radius 3 is 2.16 bits per heavy atom. The first-order chi connectivity index (χ1) is 27.9. The topological polar surface area (TPSA) is 215 Å².